The van der Waals surface area contributed by atoms with E-state index in [2.05, 4.69) is 5.10 Å². The summed E-state index contributed by atoms with van der Waals surface area (Å²) in [4.78, 5) is 23.0. The molecular weight excluding hydrogens is 384 g/mol. The first-order valence-electron chi connectivity index (χ1n) is 9.46. The predicted octanol–water partition coefficient (Wildman–Crippen LogP) is 3.27. The number of carboxylic acids is 1. The van der Waals surface area contributed by atoms with Crippen LogP contribution in [0.2, 0.25) is 0 Å². The van der Waals surface area contributed by atoms with Gasteiger partial charge in [0.25, 0.3) is 5.56 Å². The molecule has 0 atom stereocenters. The molecule has 0 saturated carbocycles. The number of hydrogen-bond acceptors (Lipinski definition) is 5. The van der Waals surface area contributed by atoms with Crippen molar-refractivity contribution >= 4 is 11.5 Å². The van der Waals surface area contributed by atoms with E-state index in [0.29, 0.717) is 17.1 Å². The summed E-state index contributed by atoms with van der Waals surface area (Å²) in [6, 6.07) is 16.3. The van der Waals surface area contributed by atoms with Crippen LogP contribution in [0.4, 0.5) is 0 Å². The van der Waals surface area contributed by atoms with Gasteiger partial charge in [0.2, 0.25) is 0 Å². The Morgan fingerprint density at radius 3 is 2.53 bits per heavy atom. The van der Waals surface area contributed by atoms with E-state index in [0.717, 1.165) is 16.6 Å². The molecule has 4 rings (SSSR count). The van der Waals surface area contributed by atoms with Crippen molar-refractivity contribution in [2.45, 2.75) is 19.9 Å². The minimum Gasteiger partial charge on any atom is -0.480 e. The molecule has 152 valence electrons. The molecule has 0 saturated heterocycles. The summed E-state index contributed by atoms with van der Waals surface area (Å²) in [5.41, 5.74) is 3.59. The van der Waals surface area contributed by atoms with Crippen molar-refractivity contribution in [1.29, 1.82) is 0 Å². The zero-order valence-electron chi connectivity index (χ0n) is 16.5. The largest absolute Gasteiger partial charge is 0.480 e. The fourth-order valence-corrected chi connectivity index (χ4v) is 3.24. The molecule has 0 unspecified atom stereocenters. The third-order valence-electron chi connectivity index (χ3n) is 4.58. The SMILES string of the molecule is CC(C)n1nc(-c2c(-c3ccccc3)nn3cc(OCC(=O)O)ccc23)ccc1=O. The lowest BCUT2D eigenvalue weighted by molar-refractivity contribution is -0.139. The Hall–Kier alpha value is -3.94. The number of aromatic nitrogens is 4. The second kappa shape index (κ2) is 7.82. The van der Waals surface area contributed by atoms with Crippen molar-refractivity contribution in [2.75, 3.05) is 6.61 Å². The van der Waals surface area contributed by atoms with Crippen LogP contribution in [-0.4, -0.2) is 37.1 Å². The molecule has 0 aliphatic rings. The Bertz CT molecular complexity index is 1280. The summed E-state index contributed by atoms with van der Waals surface area (Å²) in [7, 11) is 0. The van der Waals surface area contributed by atoms with E-state index < -0.39 is 12.6 Å². The maximum atomic E-state index is 12.2. The molecular formula is C22H20N4O4. The van der Waals surface area contributed by atoms with Gasteiger partial charge in [-0.3, -0.25) is 4.79 Å². The summed E-state index contributed by atoms with van der Waals surface area (Å²) in [6.45, 7) is 3.36. The first-order valence-corrected chi connectivity index (χ1v) is 9.46. The van der Waals surface area contributed by atoms with Crippen molar-refractivity contribution in [3.8, 4) is 28.3 Å². The topological polar surface area (TPSA) is 98.7 Å². The smallest absolute Gasteiger partial charge is 0.341 e. The highest BCUT2D eigenvalue weighted by Crippen LogP contribution is 2.34. The second-order valence-corrected chi connectivity index (χ2v) is 7.06. The zero-order chi connectivity index (χ0) is 21.3. The summed E-state index contributed by atoms with van der Waals surface area (Å²) in [5.74, 6) is -0.667. The molecule has 4 aromatic rings. The Kier molecular flexibility index (Phi) is 5.05. The van der Waals surface area contributed by atoms with E-state index in [1.165, 1.54) is 10.7 Å². The van der Waals surface area contributed by atoms with Gasteiger partial charge in [0.15, 0.2) is 6.61 Å². The Morgan fingerprint density at radius 2 is 1.83 bits per heavy atom. The number of carbonyl (C=O) groups is 1. The molecule has 0 radical (unpaired) electrons. The summed E-state index contributed by atoms with van der Waals surface area (Å²) >= 11 is 0. The number of aliphatic carboxylic acids is 1. The van der Waals surface area contributed by atoms with Crippen LogP contribution in [0.15, 0.2) is 65.6 Å². The zero-order valence-corrected chi connectivity index (χ0v) is 16.5. The van der Waals surface area contributed by atoms with Gasteiger partial charge in [0.05, 0.1) is 29.0 Å². The van der Waals surface area contributed by atoms with Crippen LogP contribution in [0.5, 0.6) is 5.75 Å². The lowest BCUT2D eigenvalue weighted by Crippen LogP contribution is -2.23. The lowest BCUT2D eigenvalue weighted by atomic mass is 10.0. The van der Waals surface area contributed by atoms with Crippen molar-refractivity contribution in [3.05, 3.63) is 71.1 Å². The second-order valence-electron chi connectivity index (χ2n) is 7.06. The molecule has 3 aromatic heterocycles. The highest BCUT2D eigenvalue weighted by atomic mass is 16.5. The van der Waals surface area contributed by atoms with E-state index >= 15 is 0 Å². The minimum absolute atomic E-state index is 0.0875. The molecule has 1 aromatic carbocycles. The number of rotatable bonds is 6. The van der Waals surface area contributed by atoms with Gasteiger partial charge in [-0.05, 0) is 32.0 Å². The molecule has 0 aliphatic carbocycles. The number of nitrogens with zero attached hydrogens (tertiary/aromatic N) is 4. The fourth-order valence-electron chi connectivity index (χ4n) is 3.24. The Labute approximate surface area is 172 Å². The average Bonchev–Trinajstić information content (AvgIpc) is 3.12. The molecule has 30 heavy (non-hydrogen) atoms. The quantitative estimate of drug-likeness (QED) is 0.530. The molecule has 0 fully saturated rings. The van der Waals surface area contributed by atoms with Crippen LogP contribution in [0.3, 0.4) is 0 Å². The van der Waals surface area contributed by atoms with Gasteiger partial charge in [0, 0.05) is 11.6 Å². The molecule has 0 aliphatic heterocycles. The fraction of sp³-hybridized carbons (Fsp3) is 0.182. The first-order chi connectivity index (χ1) is 14.4. The van der Waals surface area contributed by atoms with E-state index in [9.17, 15) is 9.59 Å². The Morgan fingerprint density at radius 1 is 1.07 bits per heavy atom. The van der Waals surface area contributed by atoms with Crippen LogP contribution in [0.1, 0.15) is 19.9 Å². The highest BCUT2D eigenvalue weighted by molar-refractivity contribution is 5.90. The summed E-state index contributed by atoms with van der Waals surface area (Å²) in [5, 5.41) is 18.1. The number of pyridine rings is 1. The van der Waals surface area contributed by atoms with Crippen LogP contribution in [0.25, 0.3) is 28.0 Å². The number of fused-ring (bicyclic) bond motifs is 1. The number of benzene rings is 1. The van der Waals surface area contributed by atoms with Gasteiger partial charge in [-0.15, -0.1) is 0 Å². The molecule has 0 amide bonds. The van der Waals surface area contributed by atoms with Gasteiger partial charge in [-0.1, -0.05) is 30.3 Å². The molecule has 3 heterocycles. The number of ether oxygens (including phenoxy) is 1. The van der Waals surface area contributed by atoms with Crippen LogP contribution >= 0.6 is 0 Å². The predicted molar refractivity (Wildman–Crippen MR) is 112 cm³/mol. The van der Waals surface area contributed by atoms with Gasteiger partial charge in [-0.25, -0.2) is 14.0 Å². The van der Waals surface area contributed by atoms with Gasteiger partial charge < -0.3 is 9.84 Å². The Balaban J connectivity index is 1.93. The maximum absolute atomic E-state index is 12.2. The minimum atomic E-state index is -1.05. The average molecular weight is 404 g/mol. The van der Waals surface area contributed by atoms with E-state index in [1.54, 1.807) is 28.9 Å². The summed E-state index contributed by atoms with van der Waals surface area (Å²) in [6.07, 6.45) is 1.63. The molecule has 0 spiro atoms. The number of hydrogen-bond donors (Lipinski definition) is 1. The van der Waals surface area contributed by atoms with Gasteiger partial charge in [0.1, 0.15) is 11.4 Å². The maximum Gasteiger partial charge on any atom is 0.341 e. The van der Waals surface area contributed by atoms with E-state index in [4.69, 9.17) is 14.9 Å². The van der Waals surface area contributed by atoms with Crippen molar-refractivity contribution in [3.63, 3.8) is 0 Å². The third-order valence-corrected chi connectivity index (χ3v) is 4.58. The van der Waals surface area contributed by atoms with Crippen LogP contribution < -0.4 is 10.3 Å². The van der Waals surface area contributed by atoms with Gasteiger partial charge >= 0.3 is 5.97 Å². The highest BCUT2D eigenvalue weighted by Gasteiger charge is 2.19. The monoisotopic (exact) mass is 404 g/mol. The standard InChI is InChI=1S/C22H20N4O4/c1-14(2)26-19(27)11-9-17(23-26)21-18-10-8-16(30-13-20(28)29)12-25(18)24-22(21)15-6-4-3-5-7-15/h3-12,14H,13H2,1-2H3,(H,28,29). The molecule has 0 bridgehead atoms. The molecule has 8 nitrogen and oxygen atoms in total. The van der Waals surface area contributed by atoms with Crippen LogP contribution in [0, 0.1) is 0 Å². The number of carboxylic acid groups (broad SMARTS) is 1. The lowest BCUT2D eigenvalue weighted by Gasteiger charge is -2.10. The van der Waals surface area contributed by atoms with Crippen LogP contribution in [-0.2, 0) is 4.79 Å². The first kappa shape index (κ1) is 19.4. The molecule has 8 heteroatoms. The van der Waals surface area contributed by atoms with Crippen molar-refractivity contribution in [2.24, 2.45) is 0 Å². The van der Waals surface area contributed by atoms with Crippen molar-refractivity contribution < 1.29 is 14.6 Å². The third kappa shape index (κ3) is 3.67. The van der Waals surface area contributed by atoms with E-state index in [1.807, 2.05) is 44.2 Å². The van der Waals surface area contributed by atoms with Crippen molar-refractivity contribution in [1.82, 2.24) is 19.4 Å². The van der Waals surface area contributed by atoms with Gasteiger partial charge in [-0.2, -0.15) is 10.2 Å². The van der Waals surface area contributed by atoms with E-state index in [-0.39, 0.29) is 11.6 Å². The molecule has 1 N–H and O–H groups in total. The normalized spacial score (nSPS) is 11.2. The summed E-state index contributed by atoms with van der Waals surface area (Å²) < 4.78 is 8.36.